The molecule has 0 saturated carbocycles. The summed E-state index contributed by atoms with van der Waals surface area (Å²) >= 11 is 0. The van der Waals surface area contributed by atoms with Crippen molar-refractivity contribution in [3.63, 3.8) is 0 Å². The Morgan fingerprint density at radius 2 is 2.14 bits per heavy atom. The Bertz CT molecular complexity index is 366. The molecule has 0 radical (unpaired) electrons. The first-order chi connectivity index (χ1) is 10.6. The molecule has 22 heavy (non-hydrogen) atoms. The van der Waals surface area contributed by atoms with Crippen LogP contribution in [-0.4, -0.2) is 80.8 Å². The largest absolute Gasteiger partial charge is 0.381 e. The lowest BCUT2D eigenvalue weighted by Gasteiger charge is -2.41. The maximum Gasteiger partial charge on any atom is 0.188 e. The maximum absolute atomic E-state index is 6.09. The van der Waals surface area contributed by atoms with Gasteiger partial charge in [-0.15, -0.1) is 0 Å². The lowest BCUT2D eigenvalue weighted by atomic mass is 9.89. The van der Waals surface area contributed by atoms with Gasteiger partial charge < -0.3 is 20.7 Å². The molecule has 0 aromatic rings. The Balaban J connectivity index is 1.83. The molecule has 0 spiro atoms. The van der Waals surface area contributed by atoms with Gasteiger partial charge in [-0.2, -0.15) is 0 Å². The second-order valence-corrected chi connectivity index (χ2v) is 6.74. The summed E-state index contributed by atoms with van der Waals surface area (Å²) in [6, 6.07) is 0.602. The Labute approximate surface area is 135 Å². The lowest BCUT2D eigenvalue weighted by molar-refractivity contribution is -0.00252. The summed E-state index contributed by atoms with van der Waals surface area (Å²) in [7, 11) is 4.25. The monoisotopic (exact) mass is 311 g/mol. The van der Waals surface area contributed by atoms with Gasteiger partial charge in [0.15, 0.2) is 5.96 Å². The average molecular weight is 311 g/mol. The van der Waals surface area contributed by atoms with Gasteiger partial charge in [-0.25, -0.2) is 0 Å². The molecule has 0 aromatic heterocycles. The van der Waals surface area contributed by atoms with Gasteiger partial charge in [0, 0.05) is 31.3 Å². The smallest absolute Gasteiger partial charge is 0.188 e. The van der Waals surface area contributed by atoms with E-state index in [2.05, 4.69) is 41.1 Å². The average Bonchev–Trinajstić information content (AvgIpc) is 2.99. The lowest BCUT2D eigenvalue weighted by Crippen LogP contribution is -2.51. The van der Waals surface area contributed by atoms with Crippen LogP contribution in [0, 0.1) is 0 Å². The number of ether oxygens (including phenoxy) is 1. The molecule has 6 nitrogen and oxygen atoms in total. The van der Waals surface area contributed by atoms with Crippen LogP contribution in [0.25, 0.3) is 0 Å². The normalized spacial score (nSPS) is 26.5. The fourth-order valence-corrected chi connectivity index (χ4v) is 3.55. The number of hydrogen-bond acceptors (Lipinski definition) is 4. The van der Waals surface area contributed by atoms with Crippen molar-refractivity contribution in [1.29, 1.82) is 0 Å². The van der Waals surface area contributed by atoms with Crippen LogP contribution in [0.4, 0.5) is 0 Å². The fourth-order valence-electron chi connectivity index (χ4n) is 3.55. The molecule has 1 atom stereocenters. The first kappa shape index (κ1) is 17.5. The molecule has 3 N–H and O–H groups in total. The van der Waals surface area contributed by atoms with Gasteiger partial charge in [-0.1, -0.05) is 6.92 Å². The van der Waals surface area contributed by atoms with Crippen LogP contribution in [0.3, 0.4) is 0 Å². The molecule has 1 unspecified atom stereocenters. The molecule has 0 amide bonds. The molecule has 0 aliphatic carbocycles. The SMILES string of the molecule is CCN1CCCC1CNC(N)=NCC1(N(C)C)CCOCC1. The van der Waals surface area contributed by atoms with Gasteiger partial charge in [0.1, 0.15) is 0 Å². The highest BCUT2D eigenvalue weighted by atomic mass is 16.5. The summed E-state index contributed by atoms with van der Waals surface area (Å²) in [5, 5.41) is 3.32. The number of hydrogen-bond donors (Lipinski definition) is 2. The first-order valence-corrected chi connectivity index (χ1v) is 8.60. The van der Waals surface area contributed by atoms with E-state index in [0.717, 1.165) is 45.7 Å². The summed E-state index contributed by atoms with van der Waals surface area (Å²) in [6.07, 6.45) is 4.58. The second kappa shape index (κ2) is 8.13. The zero-order valence-corrected chi connectivity index (χ0v) is 14.5. The van der Waals surface area contributed by atoms with Gasteiger partial charge in [0.05, 0.1) is 6.54 Å². The van der Waals surface area contributed by atoms with Gasteiger partial charge in [-0.05, 0) is 52.9 Å². The summed E-state index contributed by atoms with van der Waals surface area (Å²) < 4.78 is 5.49. The first-order valence-electron chi connectivity index (χ1n) is 8.60. The molecule has 128 valence electrons. The van der Waals surface area contributed by atoms with Crippen molar-refractivity contribution in [1.82, 2.24) is 15.1 Å². The Kier molecular flexibility index (Phi) is 6.47. The van der Waals surface area contributed by atoms with Crippen LogP contribution in [0.5, 0.6) is 0 Å². The van der Waals surface area contributed by atoms with Crippen molar-refractivity contribution in [3.8, 4) is 0 Å². The molecule has 6 heteroatoms. The van der Waals surface area contributed by atoms with Crippen LogP contribution >= 0.6 is 0 Å². The molecule has 2 heterocycles. The van der Waals surface area contributed by atoms with E-state index in [0.29, 0.717) is 12.0 Å². The Morgan fingerprint density at radius 3 is 2.77 bits per heavy atom. The minimum Gasteiger partial charge on any atom is -0.381 e. The topological polar surface area (TPSA) is 66.1 Å². The molecular weight excluding hydrogens is 278 g/mol. The van der Waals surface area contributed by atoms with E-state index in [-0.39, 0.29) is 5.54 Å². The fraction of sp³-hybridized carbons (Fsp3) is 0.938. The van der Waals surface area contributed by atoms with Crippen molar-refractivity contribution >= 4 is 5.96 Å². The van der Waals surface area contributed by atoms with Crippen molar-refractivity contribution in [2.45, 2.75) is 44.2 Å². The van der Waals surface area contributed by atoms with Gasteiger partial charge in [0.25, 0.3) is 0 Å². The van der Waals surface area contributed by atoms with Crippen molar-refractivity contribution in [2.24, 2.45) is 10.7 Å². The third-order valence-corrected chi connectivity index (χ3v) is 5.34. The zero-order chi connectivity index (χ0) is 16.0. The number of nitrogens with zero attached hydrogens (tertiary/aromatic N) is 3. The minimum absolute atomic E-state index is 0.0906. The third-order valence-electron chi connectivity index (χ3n) is 5.34. The Morgan fingerprint density at radius 1 is 1.41 bits per heavy atom. The number of rotatable bonds is 6. The summed E-state index contributed by atoms with van der Waals surface area (Å²) in [5.74, 6) is 0.579. The van der Waals surface area contributed by atoms with E-state index in [4.69, 9.17) is 10.5 Å². The van der Waals surface area contributed by atoms with E-state index in [1.807, 2.05) is 0 Å². The molecule has 2 aliphatic rings. The second-order valence-electron chi connectivity index (χ2n) is 6.74. The van der Waals surface area contributed by atoms with E-state index in [1.54, 1.807) is 0 Å². The molecule has 2 rings (SSSR count). The highest BCUT2D eigenvalue weighted by Gasteiger charge is 2.34. The van der Waals surface area contributed by atoms with Crippen LogP contribution < -0.4 is 11.1 Å². The number of likely N-dealkylation sites (N-methyl/N-ethyl adjacent to an activating group) is 2. The number of likely N-dealkylation sites (tertiary alicyclic amines) is 1. The van der Waals surface area contributed by atoms with Crippen LogP contribution in [0.2, 0.25) is 0 Å². The van der Waals surface area contributed by atoms with Gasteiger partial charge >= 0.3 is 0 Å². The quantitative estimate of drug-likeness (QED) is 0.552. The van der Waals surface area contributed by atoms with Crippen molar-refractivity contribution in [2.75, 3.05) is 53.5 Å². The standard InChI is InChI=1S/C16H33N5O/c1-4-21-9-5-6-14(21)12-18-15(17)19-13-16(20(2)3)7-10-22-11-8-16/h14H,4-13H2,1-3H3,(H3,17,18,19). The number of nitrogens with two attached hydrogens (primary N) is 1. The van der Waals surface area contributed by atoms with Gasteiger partial charge in [-0.3, -0.25) is 9.89 Å². The molecule has 2 fully saturated rings. The molecule has 2 saturated heterocycles. The zero-order valence-electron chi connectivity index (χ0n) is 14.5. The summed E-state index contributed by atoms with van der Waals surface area (Å²) in [6.45, 7) is 7.83. The van der Waals surface area contributed by atoms with Crippen molar-refractivity contribution < 1.29 is 4.74 Å². The van der Waals surface area contributed by atoms with Crippen LogP contribution in [0.1, 0.15) is 32.6 Å². The van der Waals surface area contributed by atoms with E-state index in [1.165, 1.54) is 19.4 Å². The highest BCUT2D eigenvalue weighted by molar-refractivity contribution is 5.77. The third kappa shape index (κ3) is 4.33. The van der Waals surface area contributed by atoms with E-state index >= 15 is 0 Å². The Hall–Kier alpha value is -0.850. The van der Waals surface area contributed by atoms with Crippen molar-refractivity contribution in [3.05, 3.63) is 0 Å². The van der Waals surface area contributed by atoms with Crippen LogP contribution in [-0.2, 0) is 4.74 Å². The predicted molar refractivity (Wildman–Crippen MR) is 91.2 cm³/mol. The van der Waals surface area contributed by atoms with Crippen LogP contribution in [0.15, 0.2) is 4.99 Å². The summed E-state index contributed by atoms with van der Waals surface area (Å²) in [4.78, 5) is 9.41. The summed E-state index contributed by atoms with van der Waals surface area (Å²) in [5.41, 5.74) is 6.18. The maximum atomic E-state index is 6.09. The predicted octanol–water partition coefficient (Wildman–Crippen LogP) is 0.486. The minimum atomic E-state index is 0.0906. The molecular formula is C16H33N5O. The van der Waals surface area contributed by atoms with Gasteiger partial charge in [0.2, 0.25) is 0 Å². The molecule has 2 aliphatic heterocycles. The number of guanidine groups is 1. The van der Waals surface area contributed by atoms with E-state index in [9.17, 15) is 0 Å². The van der Waals surface area contributed by atoms with E-state index < -0.39 is 0 Å². The number of aliphatic imine (C=N–C) groups is 1. The number of nitrogens with one attached hydrogen (secondary N) is 1. The molecule has 0 aromatic carbocycles. The highest BCUT2D eigenvalue weighted by Crippen LogP contribution is 2.26. The molecule has 0 bridgehead atoms.